The number of rotatable bonds is 8. The summed E-state index contributed by atoms with van der Waals surface area (Å²) < 4.78 is 16.2. The predicted molar refractivity (Wildman–Crippen MR) is 122 cm³/mol. The van der Waals surface area contributed by atoms with Crippen LogP contribution in [-0.2, 0) is 13.0 Å². The van der Waals surface area contributed by atoms with Crippen LogP contribution in [-0.4, -0.2) is 40.9 Å². The van der Waals surface area contributed by atoms with E-state index in [0.29, 0.717) is 23.8 Å². The van der Waals surface area contributed by atoms with Gasteiger partial charge in [-0.05, 0) is 40.5 Å². The van der Waals surface area contributed by atoms with Crippen LogP contribution in [0.3, 0.4) is 0 Å². The molecule has 3 rings (SSSR count). The summed E-state index contributed by atoms with van der Waals surface area (Å²) in [5, 5.41) is 9.22. The summed E-state index contributed by atoms with van der Waals surface area (Å²) in [4.78, 5) is 4.31. The fourth-order valence-electron chi connectivity index (χ4n) is 3.36. The lowest BCUT2D eigenvalue weighted by Crippen LogP contribution is -2.37. The molecular formula is C24H29N3O3. The number of fused-ring (bicyclic) bond motifs is 1. The van der Waals surface area contributed by atoms with E-state index in [1.54, 1.807) is 28.4 Å². The highest BCUT2D eigenvalue weighted by Crippen LogP contribution is 2.38. The molecule has 0 unspecified atom stereocenters. The van der Waals surface area contributed by atoms with E-state index < -0.39 is 0 Å². The highest BCUT2D eigenvalue weighted by atomic mass is 16.5. The highest BCUT2D eigenvalue weighted by molar-refractivity contribution is 5.83. The van der Waals surface area contributed by atoms with Crippen LogP contribution in [0.5, 0.6) is 17.2 Å². The van der Waals surface area contributed by atoms with Gasteiger partial charge in [-0.2, -0.15) is 0 Å². The molecule has 0 aliphatic carbocycles. The highest BCUT2D eigenvalue weighted by Gasteiger charge is 2.13. The molecule has 3 aromatic rings. The SMILES string of the molecule is CN=C(NCCc1ccc2ccccc2c1)NCc1cc(OC)c(OC)c(OC)c1. The third-order valence-corrected chi connectivity index (χ3v) is 4.93. The van der Waals surface area contributed by atoms with Crippen molar-refractivity contribution in [1.82, 2.24) is 10.6 Å². The Kier molecular flexibility index (Phi) is 7.38. The standard InChI is InChI=1S/C24H29N3O3/c1-25-24(26-12-11-17-9-10-19-7-5-6-8-20(19)13-17)27-16-18-14-21(28-2)23(30-4)22(15-18)29-3/h5-10,13-15H,11-12,16H2,1-4H3,(H2,25,26,27). The summed E-state index contributed by atoms with van der Waals surface area (Å²) in [6.07, 6.45) is 0.912. The largest absolute Gasteiger partial charge is 0.493 e. The molecule has 0 spiro atoms. The van der Waals surface area contributed by atoms with Crippen LogP contribution in [0.15, 0.2) is 59.6 Å². The van der Waals surface area contributed by atoms with E-state index in [-0.39, 0.29) is 0 Å². The fraction of sp³-hybridized carbons (Fsp3) is 0.292. The number of hydrogen-bond acceptors (Lipinski definition) is 4. The van der Waals surface area contributed by atoms with E-state index in [4.69, 9.17) is 14.2 Å². The third-order valence-electron chi connectivity index (χ3n) is 4.93. The van der Waals surface area contributed by atoms with Crippen molar-refractivity contribution in [3.63, 3.8) is 0 Å². The maximum atomic E-state index is 5.42. The molecule has 0 aromatic heterocycles. The summed E-state index contributed by atoms with van der Waals surface area (Å²) in [6.45, 7) is 1.36. The van der Waals surface area contributed by atoms with Crippen molar-refractivity contribution in [3.8, 4) is 17.2 Å². The molecule has 0 heterocycles. The lowest BCUT2D eigenvalue weighted by Gasteiger charge is -2.16. The first-order chi connectivity index (χ1) is 14.7. The summed E-state index contributed by atoms with van der Waals surface area (Å²) >= 11 is 0. The van der Waals surface area contributed by atoms with Crippen molar-refractivity contribution in [3.05, 3.63) is 65.7 Å². The number of nitrogens with zero attached hydrogens (tertiary/aromatic N) is 1. The number of nitrogens with one attached hydrogen (secondary N) is 2. The average molecular weight is 408 g/mol. The number of benzene rings is 3. The molecule has 6 nitrogen and oxygen atoms in total. The second-order valence-corrected chi connectivity index (χ2v) is 6.82. The number of hydrogen-bond donors (Lipinski definition) is 2. The number of aliphatic imine (C=N–C) groups is 1. The Hall–Kier alpha value is -3.41. The van der Waals surface area contributed by atoms with Crippen molar-refractivity contribution in [1.29, 1.82) is 0 Å². The molecule has 0 saturated carbocycles. The van der Waals surface area contributed by atoms with Crippen molar-refractivity contribution in [2.45, 2.75) is 13.0 Å². The lowest BCUT2D eigenvalue weighted by molar-refractivity contribution is 0.323. The summed E-state index contributed by atoms with van der Waals surface area (Å²) in [7, 11) is 6.59. The van der Waals surface area contributed by atoms with Crippen LogP contribution in [0, 0.1) is 0 Å². The van der Waals surface area contributed by atoms with Gasteiger partial charge in [0.15, 0.2) is 17.5 Å². The predicted octanol–water partition coefficient (Wildman–Crippen LogP) is 3.77. The fourth-order valence-corrected chi connectivity index (χ4v) is 3.36. The Bertz CT molecular complexity index is 992. The van der Waals surface area contributed by atoms with Gasteiger partial charge in [0.05, 0.1) is 21.3 Å². The Balaban J connectivity index is 1.57. The maximum absolute atomic E-state index is 5.42. The Morgan fingerprint density at radius 3 is 2.13 bits per heavy atom. The van der Waals surface area contributed by atoms with Crippen molar-refractivity contribution >= 4 is 16.7 Å². The second kappa shape index (κ2) is 10.4. The van der Waals surface area contributed by atoms with Crippen LogP contribution in [0.4, 0.5) is 0 Å². The van der Waals surface area contributed by atoms with Gasteiger partial charge in [-0.15, -0.1) is 0 Å². The Morgan fingerprint density at radius 1 is 0.800 bits per heavy atom. The normalized spacial score (nSPS) is 11.3. The van der Waals surface area contributed by atoms with Crippen molar-refractivity contribution < 1.29 is 14.2 Å². The van der Waals surface area contributed by atoms with E-state index in [1.165, 1.54) is 16.3 Å². The molecule has 0 aliphatic rings. The van der Waals surface area contributed by atoms with E-state index >= 15 is 0 Å². The van der Waals surface area contributed by atoms with E-state index in [0.717, 1.165) is 24.5 Å². The molecule has 0 fully saturated rings. The number of methoxy groups -OCH3 is 3. The monoisotopic (exact) mass is 407 g/mol. The molecule has 2 N–H and O–H groups in total. The Morgan fingerprint density at radius 2 is 1.50 bits per heavy atom. The second-order valence-electron chi connectivity index (χ2n) is 6.82. The smallest absolute Gasteiger partial charge is 0.203 e. The zero-order valence-corrected chi connectivity index (χ0v) is 18.0. The first-order valence-corrected chi connectivity index (χ1v) is 9.89. The van der Waals surface area contributed by atoms with Crippen LogP contribution < -0.4 is 24.8 Å². The molecule has 3 aromatic carbocycles. The van der Waals surface area contributed by atoms with Gasteiger partial charge >= 0.3 is 0 Å². The summed E-state index contributed by atoms with van der Waals surface area (Å²) in [6, 6.07) is 18.8. The van der Waals surface area contributed by atoms with Gasteiger partial charge < -0.3 is 24.8 Å². The first-order valence-electron chi connectivity index (χ1n) is 9.89. The van der Waals surface area contributed by atoms with E-state index in [2.05, 4.69) is 58.1 Å². The van der Waals surface area contributed by atoms with Gasteiger partial charge in [-0.3, -0.25) is 4.99 Å². The van der Waals surface area contributed by atoms with Crippen LogP contribution >= 0.6 is 0 Å². The van der Waals surface area contributed by atoms with Gasteiger partial charge in [0.2, 0.25) is 5.75 Å². The van der Waals surface area contributed by atoms with Crippen molar-refractivity contribution in [2.75, 3.05) is 34.9 Å². The minimum atomic E-state index is 0.576. The number of guanidine groups is 1. The van der Waals surface area contributed by atoms with Gasteiger partial charge in [0, 0.05) is 20.1 Å². The molecule has 30 heavy (non-hydrogen) atoms. The molecule has 0 atom stereocenters. The molecule has 6 heteroatoms. The van der Waals surface area contributed by atoms with Gasteiger partial charge in [0.25, 0.3) is 0 Å². The van der Waals surface area contributed by atoms with E-state index in [9.17, 15) is 0 Å². The zero-order chi connectivity index (χ0) is 21.3. The molecule has 0 bridgehead atoms. The summed E-state index contributed by atoms with van der Waals surface area (Å²) in [5.41, 5.74) is 2.29. The van der Waals surface area contributed by atoms with Crippen LogP contribution in [0.1, 0.15) is 11.1 Å². The van der Waals surface area contributed by atoms with Gasteiger partial charge in [-0.25, -0.2) is 0 Å². The first kappa shape index (κ1) is 21.3. The minimum absolute atomic E-state index is 0.576. The molecule has 0 amide bonds. The number of ether oxygens (including phenoxy) is 3. The quantitative estimate of drug-likeness (QED) is 0.440. The summed E-state index contributed by atoms with van der Waals surface area (Å²) in [5.74, 6) is 2.59. The van der Waals surface area contributed by atoms with Crippen molar-refractivity contribution in [2.24, 2.45) is 4.99 Å². The third kappa shape index (κ3) is 5.14. The molecule has 0 aliphatic heterocycles. The lowest BCUT2D eigenvalue weighted by atomic mass is 10.1. The Labute approximate surface area is 177 Å². The van der Waals surface area contributed by atoms with Gasteiger partial charge in [-0.1, -0.05) is 42.5 Å². The topological polar surface area (TPSA) is 64.1 Å². The average Bonchev–Trinajstić information content (AvgIpc) is 2.80. The molecule has 158 valence electrons. The van der Waals surface area contributed by atoms with Gasteiger partial charge in [0.1, 0.15) is 0 Å². The van der Waals surface area contributed by atoms with Crippen LogP contribution in [0.25, 0.3) is 10.8 Å². The van der Waals surface area contributed by atoms with Crippen LogP contribution in [0.2, 0.25) is 0 Å². The molecule has 0 radical (unpaired) electrons. The maximum Gasteiger partial charge on any atom is 0.203 e. The molecule has 0 saturated heterocycles. The molecular weight excluding hydrogens is 378 g/mol. The zero-order valence-electron chi connectivity index (χ0n) is 18.0. The van der Waals surface area contributed by atoms with E-state index in [1.807, 2.05) is 12.1 Å². The minimum Gasteiger partial charge on any atom is -0.493 e.